The molecule has 0 aromatic heterocycles. The van der Waals surface area contributed by atoms with E-state index in [1.54, 1.807) is 0 Å². The molecule has 0 spiro atoms. The summed E-state index contributed by atoms with van der Waals surface area (Å²) in [6.07, 6.45) is 1.50. The third kappa shape index (κ3) is 4.19. The fourth-order valence-electron chi connectivity index (χ4n) is 1.38. The number of benzene rings is 1. The number of primary sulfonamides is 1. The van der Waals surface area contributed by atoms with E-state index >= 15 is 0 Å². The minimum atomic E-state index is -3.88. The Morgan fingerprint density at radius 2 is 1.95 bits per heavy atom. The van der Waals surface area contributed by atoms with Gasteiger partial charge in [-0.15, -0.1) is 0 Å². The minimum absolute atomic E-state index is 0.104. The Kier molecular flexibility index (Phi) is 4.41. The topological polar surface area (TPSA) is 127 Å². The van der Waals surface area contributed by atoms with Gasteiger partial charge in [0.15, 0.2) is 0 Å². The molecule has 0 atom stereocenters. The van der Waals surface area contributed by atoms with Gasteiger partial charge < -0.3 is 10.4 Å². The average Bonchev–Trinajstić information content (AvgIpc) is 2.27. The lowest BCUT2D eigenvalue weighted by Gasteiger charge is -2.09. The van der Waals surface area contributed by atoms with Gasteiger partial charge in [0.2, 0.25) is 15.9 Å². The number of rotatable bonds is 4. The number of carboxylic acids is 1. The third-order valence-electron chi connectivity index (χ3n) is 2.23. The van der Waals surface area contributed by atoms with Gasteiger partial charge in [0, 0.05) is 17.8 Å². The predicted molar refractivity (Wildman–Crippen MR) is 68.0 cm³/mol. The van der Waals surface area contributed by atoms with Gasteiger partial charge in [-0.2, -0.15) is 0 Å². The first-order valence-corrected chi connectivity index (χ1v) is 6.61. The van der Waals surface area contributed by atoms with Crippen molar-refractivity contribution in [2.24, 2.45) is 5.14 Å². The zero-order valence-electron chi connectivity index (χ0n) is 9.95. The summed E-state index contributed by atoms with van der Waals surface area (Å²) >= 11 is 0. The van der Waals surface area contributed by atoms with Crippen LogP contribution >= 0.6 is 0 Å². The molecule has 1 aromatic rings. The highest BCUT2D eigenvalue weighted by Crippen LogP contribution is 2.21. The molecule has 8 heteroatoms. The van der Waals surface area contributed by atoms with Gasteiger partial charge in [0.1, 0.15) is 0 Å². The molecule has 0 aliphatic rings. The van der Waals surface area contributed by atoms with E-state index in [9.17, 15) is 18.0 Å². The van der Waals surface area contributed by atoms with Crippen LogP contribution in [-0.2, 0) is 19.6 Å². The van der Waals surface area contributed by atoms with E-state index in [4.69, 9.17) is 10.2 Å². The number of sulfonamides is 1. The monoisotopic (exact) mass is 284 g/mol. The van der Waals surface area contributed by atoms with E-state index < -0.39 is 21.9 Å². The van der Waals surface area contributed by atoms with Crippen LogP contribution in [0.2, 0.25) is 0 Å². The lowest BCUT2D eigenvalue weighted by molar-refractivity contribution is -0.131. The van der Waals surface area contributed by atoms with Crippen molar-refractivity contribution >= 4 is 27.6 Å². The molecule has 0 aliphatic carbocycles. The molecule has 0 bridgehead atoms. The molecule has 0 radical (unpaired) electrons. The molecule has 1 amide bonds. The first-order chi connectivity index (χ1) is 8.71. The summed E-state index contributed by atoms with van der Waals surface area (Å²) in [5.74, 6) is -1.94. The van der Waals surface area contributed by atoms with Crippen molar-refractivity contribution in [1.82, 2.24) is 0 Å². The van der Waals surface area contributed by atoms with Crippen LogP contribution in [0.15, 0.2) is 35.2 Å². The fraction of sp³-hybridized carbons (Fsp3) is 0.0909. The molecule has 0 fully saturated rings. The Morgan fingerprint density at radius 3 is 2.47 bits per heavy atom. The molecule has 4 N–H and O–H groups in total. The summed E-state index contributed by atoms with van der Waals surface area (Å²) in [7, 11) is -3.88. The number of aliphatic carboxylic acids is 1. The van der Waals surface area contributed by atoms with Crippen LogP contribution in [0.25, 0.3) is 0 Å². The largest absolute Gasteiger partial charge is 0.478 e. The highest BCUT2D eigenvalue weighted by molar-refractivity contribution is 7.89. The van der Waals surface area contributed by atoms with Gasteiger partial charge in [-0.25, -0.2) is 18.4 Å². The lowest BCUT2D eigenvalue weighted by atomic mass is 10.2. The summed E-state index contributed by atoms with van der Waals surface area (Å²) in [6.45, 7) is 1.48. The highest BCUT2D eigenvalue weighted by Gasteiger charge is 2.14. The molecule has 7 nitrogen and oxygen atoms in total. The quantitative estimate of drug-likeness (QED) is 0.682. The summed E-state index contributed by atoms with van der Waals surface area (Å²) in [5.41, 5.74) is 0.522. The predicted octanol–water partition coefficient (Wildman–Crippen LogP) is 0.222. The molecule has 19 heavy (non-hydrogen) atoms. The van der Waals surface area contributed by atoms with Crippen LogP contribution in [0.4, 0.5) is 5.69 Å². The van der Waals surface area contributed by atoms with Crippen molar-refractivity contribution in [2.45, 2.75) is 11.8 Å². The molecule has 0 aliphatic heterocycles. The van der Waals surface area contributed by atoms with Gasteiger partial charge in [0.25, 0.3) is 0 Å². The van der Waals surface area contributed by atoms with E-state index in [0.717, 1.165) is 6.08 Å². The summed E-state index contributed by atoms with van der Waals surface area (Å²) in [5, 5.41) is 15.8. The van der Waals surface area contributed by atoms with Gasteiger partial charge in [0.05, 0.1) is 4.90 Å². The number of hydrogen-bond acceptors (Lipinski definition) is 4. The maximum atomic E-state index is 11.4. The molecule has 0 unspecified atom stereocenters. The van der Waals surface area contributed by atoms with Crippen LogP contribution in [0.1, 0.15) is 5.56 Å². The van der Waals surface area contributed by atoms with Crippen molar-refractivity contribution in [1.29, 1.82) is 0 Å². The van der Waals surface area contributed by atoms with Crippen molar-refractivity contribution < 1.29 is 23.1 Å². The molecule has 0 saturated heterocycles. The molecule has 0 heterocycles. The highest BCUT2D eigenvalue weighted by atomic mass is 32.2. The summed E-state index contributed by atoms with van der Waals surface area (Å²) in [6, 6.07) is 4.22. The van der Waals surface area contributed by atoms with Gasteiger partial charge in [-0.3, -0.25) is 4.79 Å². The Balaban J connectivity index is 3.04. The number of carbonyl (C=O) groups excluding carboxylic acids is 1. The van der Waals surface area contributed by atoms with E-state index in [2.05, 4.69) is 5.32 Å². The second-order valence-electron chi connectivity index (χ2n) is 3.63. The molecule has 0 saturated carbocycles. The summed E-state index contributed by atoms with van der Waals surface area (Å²) in [4.78, 5) is 21.5. The van der Waals surface area contributed by atoms with E-state index in [1.807, 2.05) is 0 Å². The number of nitrogens with two attached hydrogens (primary N) is 1. The zero-order chi connectivity index (χ0) is 14.6. The fourth-order valence-corrected chi connectivity index (χ4v) is 2.18. The van der Waals surface area contributed by atoms with Crippen LogP contribution in [0.5, 0.6) is 0 Å². The Morgan fingerprint density at radius 1 is 1.32 bits per heavy atom. The zero-order valence-corrected chi connectivity index (χ0v) is 10.8. The van der Waals surface area contributed by atoms with Crippen molar-refractivity contribution in [3.05, 3.63) is 35.9 Å². The summed E-state index contributed by atoms with van der Waals surface area (Å²) < 4.78 is 22.6. The molecule has 1 aromatic carbocycles. The SMILES string of the molecule is Cc1c(NC(=O)/C=C/C(=O)O)cccc1S(N)(=O)=O. The van der Waals surface area contributed by atoms with Gasteiger partial charge in [-0.1, -0.05) is 6.07 Å². The van der Waals surface area contributed by atoms with Crippen LogP contribution in [0, 0.1) is 6.92 Å². The first kappa shape index (κ1) is 14.9. The number of amides is 1. The van der Waals surface area contributed by atoms with Crippen LogP contribution in [0.3, 0.4) is 0 Å². The average molecular weight is 284 g/mol. The van der Waals surface area contributed by atoms with Crippen molar-refractivity contribution in [3.8, 4) is 0 Å². The standard InChI is InChI=1S/C11H12N2O5S/c1-7-8(13-10(14)5-6-11(15)16)3-2-4-9(7)19(12,17)18/h2-6H,1H3,(H,13,14)(H,15,16)(H2,12,17,18)/b6-5+. The van der Waals surface area contributed by atoms with Crippen LogP contribution < -0.4 is 10.5 Å². The number of carboxylic acid groups (broad SMARTS) is 1. The first-order valence-electron chi connectivity index (χ1n) is 5.06. The smallest absolute Gasteiger partial charge is 0.328 e. The maximum Gasteiger partial charge on any atom is 0.328 e. The second kappa shape index (κ2) is 5.63. The molecule has 1 rings (SSSR count). The van der Waals surface area contributed by atoms with Crippen LogP contribution in [-0.4, -0.2) is 25.4 Å². The molecular formula is C11H12N2O5S. The number of carbonyl (C=O) groups is 2. The third-order valence-corrected chi connectivity index (χ3v) is 3.28. The lowest BCUT2D eigenvalue weighted by Crippen LogP contribution is -2.16. The number of hydrogen-bond donors (Lipinski definition) is 3. The number of anilines is 1. The van der Waals surface area contributed by atoms with Crippen molar-refractivity contribution in [3.63, 3.8) is 0 Å². The van der Waals surface area contributed by atoms with E-state index in [-0.39, 0.29) is 16.1 Å². The molecular weight excluding hydrogens is 272 g/mol. The maximum absolute atomic E-state index is 11.4. The second-order valence-corrected chi connectivity index (χ2v) is 5.16. The normalized spacial score (nSPS) is 11.5. The minimum Gasteiger partial charge on any atom is -0.478 e. The Bertz CT molecular complexity index is 649. The Labute approximate surface area is 109 Å². The number of nitrogens with one attached hydrogen (secondary N) is 1. The molecule has 102 valence electrons. The van der Waals surface area contributed by atoms with E-state index in [1.165, 1.54) is 25.1 Å². The van der Waals surface area contributed by atoms with Gasteiger partial charge >= 0.3 is 5.97 Å². The Hall–Kier alpha value is -2.19. The van der Waals surface area contributed by atoms with Crippen molar-refractivity contribution in [2.75, 3.05) is 5.32 Å². The van der Waals surface area contributed by atoms with E-state index in [0.29, 0.717) is 6.08 Å². The van der Waals surface area contributed by atoms with Gasteiger partial charge in [-0.05, 0) is 24.6 Å².